The van der Waals surface area contributed by atoms with Gasteiger partial charge in [0.15, 0.2) is 0 Å². The molecule has 0 amide bonds. The predicted molar refractivity (Wildman–Crippen MR) is 145 cm³/mol. The van der Waals surface area contributed by atoms with Crippen LogP contribution in [-0.4, -0.2) is 25.2 Å². The van der Waals surface area contributed by atoms with Gasteiger partial charge in [0, 0.05) is 28.2 Å². The van der Waals surface area contributed by atoms with E-state index in [2.05, 4.69) is 47.8 Å². The number of ketones is 1. The lowest BCUT2D eigenvalue weighted by molar-refractivity contribution is -0.114. The maximum atomic E-state index is 9.44. The molecule has 1 unspecified atom stereocenters. The molecule has 0 bridgehead atoms. The highest BCUT2D eigenvalue weighted by molar-refractivity contribution is 7.16. The molecule has 32 heavy (non-hydrogen) atoms. The largest absolute Gasteiger partial charge is 0.300 e. The van der Waals surface area contributed by atoms with E-state index in [0.29, 0.717) is 6.54 Å². The van der Waals surface area contributed by atoms with Gasteiger partial charge in [-0.05, 0) is 57.9 Å². The number of allylic oxidation sites excluding steroid dienone is 1. The van der Waals surface area contributed by atoms with Gasteiger partial charge in [0.1, 0.15) is 16.6 Å². The lowest BCUT2D eigenvalue weighted by Crippen LogP contribution is -2.34. The van der Waals surface area contributed by atoms with E-state index in [1.807, 2.05) is 53.8 Å². The van der Waals surface area contributed by atoms with Gasteiger partial charge in [-0.2, -0.15) is 0 Å². The first-order chi connectivity index (χ1) is 15.2. The van der Waals surface area contributed by atoms with Gasteiger partial charge < -0.3 is 4.79 Å². The van der Waals surface area contributed by atoms with Gasteiger partial charge in [-0.25, -0.2) is 0 Å². The summed E-state index contributed by atoms with van der Waals surface area (Å²) in [5.74, 6) is 1.15. The topological polar surface area (TPSA) is 44.7 Å². The zero-order chi connectivity index (χ0) is 25.0. The van der Waals surface area contributed by atoms with E-state index >= 15 is 0 Å². The summed E-state index contributed by atoms with van der Waals surface area (Å²) in [5, 5.41) is 5.63. The van der Waals surface area contributed by atoms with Crippen LogP contribution in [-0.2, 0) is 4.79 Å². The van der Waals surface area contributed by atoms with E-state index < -0.39 is 0 Å². The van der Waals surface area contributed by atoms with Crippen molar-refractivity contribution in [2.45, 2.75) is 68.4 Å². The van der Waals surface area contributed by atoms with Crippen LogP contribution in [0.5, 0.6) is 0 Å². The summed E-state index contributed by atoms with van der Waals surface area (Å²) < 4.78 is 0. The normalized spacial score (nSPS) is 15.7. The Morgan fingerprint density at radius 2 is 1.62 bits per heavy atom. The minimum atomic E-state index is 0.114. The fraction of sp³-hybridized carbons (Fsp3) is 0.462. The second kappa shape index (κ2) is 15.0. The van der Waals surface area contributed by atoms with Crippen LogP contribution in [0.4, 0.5) is 5.00 Å². The number of hydrogen-bond donors (Lipinski definition) is 1. The number of rotatable bonds is 2. The van der Waals surface area contributed by atoms with E-state index in [-0.39, 0.29) is 11.8 Å². The Morgan fingerprint density at radius 1 is 1.12 bits per heavy atom. The number of amidine groups is 1. The summed E-state index contributed by atoms with van der Waals surface area (Å²) >= 11 is 7.88. The van der Waals surface area contributed by atoms with Crippen molar-refractivity contribution < 1.29 is 4.79 Å². The summed E-state index contributed by atoms with van der Waals surface area (Å²) in [7, 11) is 1.84. The molecule has 1 aromatic carbocycles. The van der Waals surface area contributed by atoms with Crippen LogP contribution in [0.15, 0.2) is 41.5 Å². The minimum absolute atomic E-state index is 0.114. The fourth-order valence-corrected chi connectivity index (χ4v) is 4.55. The third kappa shape index (κ3) is 7.88. The molecule has 2 aromatic rings. The van der Waals surface area contributed by atoms with Gasteiger partial charge in [0.25, 0.3) is 0 Å². The zero-order valence-electron chi connectivity index (χ0n) is 21.4. The molecule has 0 radical (unpaired) electrons. The average molecular weight is 478 g/mol. The van der Waals surface area contributed by atoms with Crippen LogP contribution >= 0.6 is 22.9 Å². The Bertz CT molecular complexity index is 897. The summed E-state index contributed by atoms with van der Waals surface area (Å²) in [5.41, 5.74) is 4.82. The van der Waals surface area contributed by atoms with Crippen molar-refractivity contribution >= 4 is 39.6 Å². The van der Waals surface area contributed by atoms with Crippen LogP contribution in [0.1, 0.15) is 76.1 Å². The summed E-state index contributed by atoms with van der Waals surface area (Å²) in [6, 6.07) is 8.19. The molecule has 1 atom stereocenters. The zero-order valence-corrected chi connectivity index (χ0v) is 23.0. The van der Waals surface area contributed by atoms with Gasteiger partial charge in [-0.15, -0.1) is 11.3 Å². The molecule has 3 rings (SSSR count). The molecular weight excluding hydrogens is 438 g/mol. The van der Waals surface area contributed by atoms with Crippen LogP contribution in [0.3, 0.4) is 0 Å². The molecule has 4 nitrogen and oxygen atoms in total. The SMILES string of the molecule is C=C(C)N1C(=NC)CNC(c2ccc(Cl)cc2)c2c1sc(C)c2C.CC.CC.CC(C)=O. The number of benzene rings is 1. The number of hydrogen-bond acceptors (Lipinski definition) is 4. The quantitative estimate of drug-likeness (QED) is 0.481. The first kappa shape index (κ1) is 30.0. The van der Waals surface area contributed by atoms with Crippen LogP contribution < -0.4 is 10.2 Å². The highest BCUT2D eigenvalue weighted by Gasteiger charge is 2.31. The average Bonchev–Trinajstić information content (AvgIpc) is 2.95. The van der Waals surface area contributed by atoms with Crippen LogP contribution in [0.25, 0.3) is 0 Å². The van der Waals surface area contributed by atoms with Gasteiger partial charge in [-0.3, -0.25) is 15.2 Å². The summed E-state index contributed by atoms with van der Waals surface area (Å²) in [6.45, 7) is 22.3. The third-order valence-electron chi connectivity index (χ3n) is 4.47. The van der Waals surface area contributed by atoms with Crippen molar-refractivity contribution in [1.82, 2.24) is 5.32 Å². The van der Waals surface area contributed by atoms with Gasteiger partial charge >= 0.3 is 0 Å². The van der Waals surface area contributed by atoms with E-state index in [9.17, 15) is 4.79 Å². The smallest absolute Gasteiger partial charge is 0.126 e. The number of aryl methyl sites for hydroxylation is 1. The molecule has 6 heteroatoms. The van der Waals surface area contributed by atoms with Crippen LogP contribution in [0, 0.1) is 13.8 Å². The first-order valence-electron chi connectivity index (χ1n) is 11.1. The molecular formula is C26H40ClN3OS. The summed E-state index contributed by atoms with van der Waals surface area (Å²) in [6.07, 6.45) is 0. The van der Waals surface area contributed by atoms with Crippen LogP contribution in [0.2, 0.25) is 5.02 Å². The number of carbonyl (C=O) groups is 1. The monoisotopic (exact) mass is 477 g/mol. The maximum Gasteiger partial charge on any atom is 0.126 e. The number of anilines is 1. The second-order valence-electron chi connectivity index (χ2n) is 6.99. The predicted octanol–water partition coefficient (Wildman–Crippen LogP) is 7.73. The Balaban J connectivity index is 0.00000106. The Hall–Kier alpha value is -1.95. The molecule has 1 N–H and O–H groups in total. The number of thiophene rings is 1. The molecule has 1 aromatic heterocycles. The minimum Gasteiger partial charge on any atom is -0.300 e. The van der Waals surface area contributed by atoms with E-state index in [4.69, 9.17) is 11.6 Å². The van der Waals surface area contributed by atoms with E-state index in [1.54, 1.807) is 11.3 Å². The Kier molecular flexibility index (Phi) is 14.1. The lowest BCUT2D eigenvalue weighted by Gasteiger charge is -2.23. The number of Topliss-reactive ketones (excluding diaryl/α,β-unsaturated/α-hetero) is 1. The molecule has 0 aliphatic carbocycles. The van der Waals surface area contributed by atoms with Crippen molar-refractivity contribution in [3.8, 4) is 0 Å². The van der Waals surface area contributed by atoms with Crippen molar-refractivity contribution in [3.63, 3.8) is 0 Å². The molecule has 0 spiro atoms. The number of nitrogens with one attached hydrogen (secondary N) is 1. The molecule has 178 valence electrons. The van der Waals surface area contributed by atoms with Gasteiger partial charge in [0.05, 0.1) is 12.6 Å². The fourth-order valence-electron chi connectivity index (χ4n) is 3.14. The number of halogens is 1. The second-order valence-corrected chi connectivity index (χ2v) is 8.63. The summed E-state index contributed by atoms with van der Waals surface area (Å²) in [4.78, 5) is 17.4. The van der Waals surface area contributed by atoms with E-state index in [1.165, 1.54) is 40.4 Å². The highest BCUT2D eigenvalue weighted by atomic mass is 35.5. The van der Waals surface area contributed by atoms with Crippen molar-refractivity contribution in [2.75, 3.05) is 18.5 Å². The molecule has 1 aliphatic heterocycles. The third-order valence-corrected chi connectivity index (χ3v) is 5.93. The lowest BCUT2D eigenvalue weighted by atomic mass is 9.96. The van der Waals surface area contributed by atoms with Gasteiger partial charge in [0.2, 0.25) is 0 Å². The molecule has 0 saturated carbocycles. The molecule has 0 fully saturated rings. The van der Waals surface area contributed by atoms with Gasteiger partial charge in [-0.1, -0.05) is 58.0 Å². The Labute approximate surface area is 204 Å². The molecule has 0 saturated heterocycles. The first-order valence-corrected chi connectivity index (χ1v) is 12.3. The number of carbonyl (C=O) groups excluding carboxylic acids is 1. The number of fused-ring (bicyclic) bond motifs is 1. The van der Waals surface area contributed by atoms with Crippen molar-refractivity contribution in [1.29, 1.82) is 0 Å². The standard InChI is InChI=1S/C19H22ClN3S.C3H6O.2C2H6/c1-11(2)23-16(21-5)10-22-18(14-6-8-15(20)9-7-14)17-12(3)13(4)24-19(17)23;1-3(2)4;2*1-2/h6-9,18,22H,1,10H2,2-5H3;1-2H3;2*1-2H3. The highest BCUT2D eigenvalue weighted by Crippen LogP contribution is 2.44. The molecule has 2 heterocycles. The molecule has 1 aliphatic rings. The van der Waals surface area contributed by atoms with E-state index in [0.717, 1.165) is 16.6 Å². The van der Waals surface area contributed by atoms with Crippen molar-refractivity contribution in [2.24, 2.45) is 4.99 Å². The van der Waals surface area contributed by atoms with Crippen molar-refractivity contribution in [3.05, 3.63) is 63.1 Å². The Morgan fingerprint density at radius 3 is 2.06 bits per heavy atom. The maximum absolute atomic E-state index is 9.44. The number of aliphatic imine (C=N–C) groups is 1. The number of nitrogens with zero attached hydrogens (tertiary/aromatic N) is 2.